The summed E-state index contributed by atoms with van der Waals surface area (Å²) in [6.07, 6.45) is 3.64. The molecule has 0 fully saturated rings. The molecule has 0 spiro atoms. The average molecular weight is 441 g/mol. The molecule has 2 aromatic heterocycles. The second kappa shape index (κ2) is 5.92. The number of hydrogen-bond acceptors (Lipinski definition) is 2. The van der Waals surface area contributed by atoms with Crippen LogP contribution in [0, 0.1) is 3.57 Å². The van der Waals surface area contributed by atoms with Crippen molar-refractivity contribution in [2.24, 2.45) is 0 Å². The van der Waals surface area contributed by atoms with E-state index in [2.05, 4.69) is 71.0 Å². The minimum absolute atomic E-state index is 1.07. The Balaban J connectivity index is 0.000000121. The molecule has 2 N–H and O–H groups in total. The second-order valence-electron chi connectivity index (χ2n) is 4.20. The fourth-order valence-electron chi connectivity index (χ4n) is 1.83. The summed E-state index contributed by atoms with van der Waals surface area (Å²) in [4.78, 5) is 0. The fourth-order valence-corrected chi connectivity index (χ4v) is 2.72. The van der Waals surface area contributed by atoms with E-state index in [1.807, 2.05) is 30.5 Å². The summed E-state index contributed by atoms with van der Waals surface area (Å²) in [7, 11) is 0. The number of rotatable bonds is 0. The minimum atomic E-state index is 1.07. The van der Waals surface area contributed by atoms with Gasteiger partial charge in [-0.15, -0.1) is 0 Å². The zero-order valence-electron chi connectivity index (χ0n) is 10.3. The molecule has 4 nitrogen and oxygen atoms in total. The summed E-state index contributed by atoms with van der Waals surface area (Å²) in [5.41, 5.74) is 2.17. The Morgan fingerprint density at radius 2 is 1.45 bits per heavy atom. The van der Waals surface area contributed by atoms with Crippen molar-refractivity contribution in [2.45, 2.75) is 0 Å². The van der Waals surface area contributed by atoms with Gasteiger partial charge in [0.05, 0.1) is 23.4 Å². The number of H-pyrrole nitrogens is 2. The summed E-state index contributed by atoms with van der Waals surface area (Å²) >= 11 is 5.66. The summed E-state index contributed by atoms with van der Waals surface area (Å²) in [5.74, 6) is 0. The maximum atomic E-state index is 3.91. The number of nitrogens with one attached hydrogen (secondary N) is 2. The first-order valence-corrected chi connectivity index (χ1v) is 7.77. The lowest BCUT2D eigenvalue weighted by atomic mass is 10.3. The minimum Gasteiger partial charge on any atom is -0.278 e. The van der Waals surface area contributed by atoms with Gasteiger partial charge in [-0.05, 0) is 59.0 Å². The van der Waals surface area contributed by atoms with Gasteiger partial charge in [0.15, 0.2) is 0 Å². The van der Waals surface area contributed by atoms with Gasteiger partial charge in [-0.1, -0.05) is 15.9 Å². The highest BCUT2D eigenvalue weighted by atomic mass is 127. The number of halogens is 2. The Kier molecular flexibility index (Phi) is 4.02. The molecular formula is C14H10BrIN4. The highest BCUT2D eigenvalue weighted by molar-refractivity contribution is 14.1. The Labute approximate surface area is 137 Å². The molecule has 0 atom stereocenters. The molecular weight excluding hydrogens is 431 g/mol. The summed E-state index contributed by atoms with van der Waals surface area (Å²) < 4.78 is 2.33. The van der Waals surface area contributed by atoms with Crippen molar-refractivity contribution in [3.63, 3.8) is 0 Å². The van der Waals surface area contributed by atoms with Gasteiger partial charge in [0.2, 0.25) is 0 Å². The topological polar surface area (TPSA) is 57.4 Å². The summed E-state index contributed by atoms with van der Waals surface area (Å²) in [6, 6.07) is 12.2. The van der Waals surface area contributed by atoms with Crippen molar-refractivity contribution in [3.05, 3.63) is 56.8 Å². The van der Waals surface area contributed by atoms with Gasteiger partial charge in [0.25, 0.3) is 0 Å². The molecule has 4 rings (SSSR count). The zero-order chi connectivity index (χ0) is 13.9. The van der Waals surface area contributed by atoms with Crippen LogP contribution in [0.5, 0.6) is 0 Å². The quantitative estimate of drug-likeness (QED) is 0.396. The number of aromatic amines is 2. The first kappa shape index (κ1) is 13.6. The van der Waals surface area contributed by atoms with Gasteiger partial charge in [-0.3, -0.25) is 10.2 Å². The second-order valence-corrected chi connectivity index (χ2v) is 6.36. The molecule has 0 aliphatic rings. The van der Waals surface area contributed by atoms with Crippen LogP contribution in [0.15, 0.2) is 53.3 Å². The molecule has 0 radical (unpaired) electrons. The number of nitrogens with zero attached hydrogens (tertiary/aromatic N) is 2. The first-order valence-electron chi connectivity index (χ1n) is 5.89. The standard InChI is InChI=1S/C7H5BrN2.C7H5IN2/c2*8-6-1-2-7-5(3-6)4-9-10-7/h2*1-4H,(H,9,10). The zero-order valence-corrected chi connectivity index (χ0v) is 14.0. The smallest absolute Gasteiger partial charge is 0.0651 e. The monoisotopic (exact) mass is 440 g/mol. The van der Waals surface area contributed by atoms with Gasteiger partial charge in [-0.2, -0.15) is 10.2 Å². The van der Waals surface area contributed by atoms with Crippen molar-refractivity contribution in [1.82, 2.24) is 20.4 Å². The lowest BCUT2D eigenvalue weighted by Gasteiger charge is -1.87. The molecule has 0 aliphatic heterocycles. The number of hydrogen-bond donors (Lipinski definition) is 2. The molecule has 0 unspecified atom stereocenters. The van der Waals surface area contributed by atoms with Crippen LogP contribution in [0.3, 0.4) is 0 Å². The van der Waals surface area contributed by atoms with Crippen molar-refractivity contribution in [2.75, 3.05) is 0 Å². The van der Waals surface area contributed by atoms with Gasteiger partial charge in [-0.25, -0.2) is 0 Å². The Morgan fingerprint density at radius 3 is 2.15 bits per heavy atom. The van der Waals surface area contributed by atoms with E-state index in [4.69, 9.17) is 0 Å². The van der Waals surface area contributed by atoms with Crippen LogP contribution in [-0.2, 0) is 0 Å². The lowest BCUT2D eigenvalue weighted by Crippen LogP contribution is -1.69. The third kappa shape index (κ3) is 3.01. The van der Waals surface area contributed by atoms with Crippen molar-refractivity contribution >= 4 is 60.3 Å². The maximum absolute atomic E-state index is 3.91. The van der Waals surface area contributed by atoms with E-state index >= 15 is 0 Å². The Hall–Kier alpha value is -1.41. The van der Waals surface area contributed by atoms with Gasteiger partial charge < -0.3 is 0 Å². The molecule has 6 heteroatoms. The summed E-state index contributed by atoms with van der Waals surface area (Å²) in [5, 5.41) is 15.9. The van der Waals surface area contributed by atoms with Gasteiger partial charge in [0, 0.05) is 18.8 Å². The fraction of sp³-hybridized carbons (Fsp3) is 0. The largest absolute Gasteiger partial charge is 0.278 e. The molecule has 0 bridgehead atoms. The maximum Gasteiger partial charge on any atom is 0.0651 e. The highest BCUT2D eigenvalue weighted by Gasteiger charge is 1.94. The van der Waals surface area contributed by atoms with E-state index in [0.29, 0.717) is 0 Å². The van der Waals surface area contributed by atoms with Crippen molar-refractivity contribution in [1.29, 1.82) is 0 Å². The van der Waals surface area contributed by atoms with Crippen LogP contribution in [-0.4, -0.2) is 20.4 Å². The van der Waals surface area contributed by atoms with E-state index < -0.39 is 0 Å². The normalized spacial score (nSPS) is 10.5. The Bertz CT molecular complexity index is 780. The predicted molar refractivity (Wildman–Crippen MR) is 92.6 cm³/mol. The molecule has 2 aromatic carbocycles. The van der Waals surface area contributed by atoms with Gasteiger partial charge >= 0.3 is 0 Å². The van der Waals surface area contributed by atoms with Crippen molar-refractivity contribution in [3.8, 4) is 0 Å². The van der Waals surface area contributed by atoms with E-state index in [0.717, 1.165) is 20.9 Å². The van der Waals surface area contributed by atoms with Crippen LogP contribution in [0.1, 0.15) is 0 Å². The van der Waals surface area contributed by atoms with Crippen LogP contribution >= 0.6 is 38.5 Å². The molecule has 0 aliphatic carbocycles. The highest BCUT2D eigenvalue weighted by Crippen LogP contribution is 2.16. The Morgan fingerprint density at radius 1 is 0.850 bits per heavy atom. The van der Waals surface area contributed by atoms with Crippen LogP contribution in [0.25, 0.3) is 21.8 Å². The molecule has 0 saturated carbocycles. The first-order chi connectivity index (χ1) is 9.72. The number of fused-ring (bicyclic) bond motifs is 2. The van der Waals surface area contributed by atoms with Gasteiger partial charge in [0.1, 0.15) is 0 Å². The van der Waals surface area contributed by atoms with Crippen LogP contribution in [0.4, 0.5) is 0 Å². The van der Waals surface area contributed by atoms with Crippen LogP contribution < -0.4 is 0 Å². The third-order valence-corrected chi connectivity index (χ3v) is 3.97. The lowest BCUT2D eigenvalue weighted by molar-refractivity contribution is 1.12. The predicted octanol–water partition coefficient (Wildman–Crippen LogP) is 4.49. The number of benzene rings is 2. The SMILES string of the molecule is Brc1ccc2[nH]ncc2c1.Ic1ccc2[nH]ncc2c1. The molecule has 2 heterocycles. The van der Waals surface area contributed by atoms with E-state index in [9.17, 15) is 0 Å². The third-order valence-electron chi connectivity index (χ3n) is 2.80. The molecule has 0 amide bonds. The van der Waals surface area contributed by atoms with E-state index in [-0.39, 0.29) is 0 Å². The molecule has 0 saturated heterocycles. The average Bonchev–Trinajstić information content (AvgIpc) is 3.06. The van der Waals surface area contributed by atoms with E-state index in [1.165, 1.54) is 8.96 Å². The van der Waals surface area contributed by atoms with Crippen LogP contribution in [0.2, 0.25) is 0 Å². The molecule has 100 valence electrons. The van der Waals surface area contributed by atoms with E-state index in [1.54, 1.807) is 6.20 Å². The number of aromatic nitrogens is 4. The van der Waals surface area contributed by atoms with Crippen molar-refractivity contribution < 1.29 is 0 Å². The molecule has 4 aromatic rings. The summed E-state index contributed by atoms with van der Waals surface area (Å²) in [6.45, 7) is 0. The molecule has 20 heavy (non-hydrogen) atoms.